The van der Waals surface area contributed by atoms with Gasteiger partial charge >= 0.3 is 5.97 Å². The van der Waals surface area contributed by atoms with Crippen LogP contribution in [0.4, 0.5) is 0 Å². The van der Waals surface area contributed by atoms with Crippen LogP contribution in [-0.2, 0) is 14.8 Å². The highest BCUT2D eigenvalue weighted by Gasteiger charge is 2.23. The fraction of sp³-hybridized carbons (Fsp3) is 0.462. The van der Waals surface area contributed by atoms with Crippen LogP contribution in [0.15, 0.2) is 23.1 Å². The van der Waals surface area contributed by atoms with E-state index >= 15 is 0 Å². The maximum Gasteiger partial charge on any atom is 0.339 e. The average molecular weight is 317 g/mol. The van der Waals surface area contributed by atoms with Gasteiger partial charge in [-0.2, -0.15) is 0 Å². The van der Waals surface area contributed by atoms with Crippen LogP contribution < -0.4 is 4.74 Å². The van der Waals surface area contributed by atoms with E-state index in [4.69, 9.17) is 14.6 Å². The molecule has 0 radical (unpaired) electrons. The summed E-state index contributed by atoms with van der Waals surface area (Å²) in [6.45, 7) is 0.730. The molecule has 1 N–H and O–H groups in total. The Kier molecular flexibility index (Phi) is 6.13. The summed E-state index contributed by atoms with van der Waals surface area (Å²) < 4.78 is 35.7. The molecular weight excluding hydrogens is 298 g/mol. The first-order valence-corrected chi connectivity index (χ1v) is 7.65. The summed E-state index contributed by atoms with van der Waals surface area (Å²) in [5.41, 5.74) is -0.191. The second-order valence-corrected chi connectivity index (χ2v) is 6.39. The van der Waals surface area contributed by atoms with Crippen LogP contribution in [-0.4, -0.2) is 58.2 Å². The van der Waals surface area contributed by atoms with Gasteiger partial charge in [-0.3, -0.25) is 0 Å². The van der Waals surface area contributed by atoms with Crippen LogP contribution in [0.3, 0.4) is 0 Å². The lowest BCUT2D eigenvalue weighted by molar-refractivity contribution is 0.0693. The second kappa shape index (κ2) is 7.39. The fourth-order valence-corrected chi connectivity index (χ4v) is 2.98. The predicted molar refractivity (Wildman–Crippen MR) is 76.3 cm³/mol. The highest BCUT2D eigenvalue weighted by Crippen LogP contribution is 2.24. The molecule has 118 valence electrons. The van der Waals surface area contributed by atoms with Gasteiger partial charge in [0.15, 0.2) is 0 Å². The van der Waals surface area contributed by atoms with Crippen molar-refractivity contribution in [3.63, 3.8) is 0 Å². The van der Waals surface area contributed by atoms with E-state index in [1.54, 1.807) is 0 Å². The van der Waals surface area contributed by atoms with Gasteiger partial charge in [-0.1, -0.05) is 0 Å². The van der Waals surface area contributed by atoms with Crippen LogP contribution in [0.25, 0.3) is 0 Å². The Morgan fingerprint density at radius 3 is 2.52 bits per heavy atom. The van der Waals surface area contributed by atoms with Crippen molar-refractivity contribution in [1.29, 1.82) is 0 Å². The van der Waals surface area contributed by atoms with Crippen LogP contribution in [0.2, 0.25) is 0 Å². The second-order valence-electron chi connectivity index (χ2n) is 4.34. The molecule has 8 heteroatoms. The molecule has 0 aliphatic heterocycles. The number of hydrogen-bond donors (Lipinski definition) is 1. The number of aromatic carboxylic acids is 1. The predicted octanol–water partition coefficient (Wildman–Crippen LogP) is 1.05. The molecule has 0 heterocycles. The number of methoxy groups -OCH3 is 2. The number of hydrogen-bond acceptors (Lipinski definition) is 5. The first kappa shape index (κ1) is 17.4. The maximum atomic E-state index is 12.4. The lowest BCUT2D eigenvalue weighted by atomic mass is 10.2. The Morgan fingerprint density at radius 2 is 2.00 bits per heavy atom. The topological polar surface area (TPSA) is 93.1 Å². The van der Waals surface area contributed by atoms with E-state index in [9.17, 15) is 13.2 Å². The monoisotopic (exact) mass is 317 g/mol. The third-order valence-electron chi connectivity index (χ3n) is 2.93. The van der Waals surface area contributed by atoms with Gasteiger partial charge in [-0.15, -0.1) is 0 Å². The Bertz CT molecular complexity index is 599. The molecule has 0 atom stereocenters. The van der Waals surface area contributed by atoms with E-state index in [1.165, 1.54) is 37.7 Å². The summed E-state index contributed by atoms with van der Waals surface area (Å²) in [5.74, 6) is -1.13. The van der Waals surface area contributed by atoms with Crippen LogP contribution in [0.5, 0.6) is 5.75 Å². The van der Waals surface area contributed by atoms with Gasteiger partial charge in [0.25, 0.3) is 0 Å². The molecule has 1 rings (SSSR count). The summed E-state index contributed by atoms with van der Waals surface area (Å²) in [6.07, 6.45) is 0.550. The number of benzene rings is 1. The number of rotatable bonds is 8. The molecular formula is C13H19NO6S. The quantitative estimate of drug-likeness (QED) is 0.720. The fourth-order valence-electron chi connectivity index (χ4n) is 1.75. The van der Waals surface area contributed by atoms with Crippen molar-refractivity contribution in [2.45, 2.75) is 11.3 Å². The molecule has 21 heavy (non-hydrogen) atoms. The number of nitrogens with zero attached hydrogens (tertiary/aromatic N) is 1. The Morgan fingerprint density at radius 1 is 1.33 bits per heavy atom. The molecule has 1 aromatic rings. The van der Waals surface area contributed by atoms with Crippen LogP contribution >= 0.6 is 0 Å². The number of carboxylic acids is 1. The minimum Gasteiger partial charge on any atom is -0.496 e. The molecule has 0 unspecified atom stereocenters. The molecule has 0 aliphatic rings. The first-order chi connectivity index (χ1) is 9.84. The summed E-state index contributed by atoms with van der Waals surface area (Å²) in [7, 11) is 0.564. The zero-order valence-corrected chi connectivity index (χ0v) is 13.0. The van der Waals surface area contributed by atoms with Gasteiger partial charge in [-0.25, -0.2) is 17.5 Å². The Hall–Kier alpha value is -1.64. The Balaban J connectivity index is 3.08. The minimum atomic E-state index is -3.74. The van der Waals surface area contributed by atoms with E-state index in [0.717, 1.165) is 6.07 Å². The van der Waals surface area contributed by atoms with Crippen molar-refractivity contribution in [3.05, 3.63) is 23.8 Å². The van der Waals surface area contributed by atoms with Crippen molar-refractivity contribution in [1.82, 2.24) is 4.31 Å². The summed E-state index contributed by atoms with van der Waals surface area (Å²) in [5, 5.41) is 9.09. The first-order valence-electron chi connectivity index (χ1n) is 6.21. The van der Waals surface area contributed by atoms with Gasteiger partial charge in [0.05, 0.1) is 12.0 Å². The lowest BCUT2D eigenvalue weighted by Gasteiger charge is -2.17. The molecule has 0 fully saturated rings. The molecule has 0 aliphatic carbocycles. The molecule has 0 amide bonds. The number of ether oxygens (including phenoxy) is 2. The highest BCUT2D eigenvalue weighted by atomic mass is 32.2. The molecule has 1 aromatic carbocycles. The normalized spacial score (nSPS) is 11.6. The van der Waals surface area contributed by atoms with Gasteiger partial charge in [0.1, 0.15) is 11.3 Å². The zero-order chi connectivity index (χ0) is 16.0. The number of sulfonamides is 1. The van der Waals surface area contributed by atoms with Gasteiger partial charge in [0.2, 0.25) is 10.0 Å². The molecule has 0 spiro atoms. The summed E-state index contributed by atoms with van der Waals surface area (Å²) >= 11 is 0. The number of carbonyl (C=O) groups is 1. The summed E-state index contributed by atoms with van der Waals surface area (Å²) in [6, 6.07) is 3.76. The maximum absolute atomic E-state index is 12.4. The third kappa shape index (κ3) is 4.16. The average Bonchev–Trinajstić information content (AvgIpc) is 2.46. The van der Waals surface area contributed by atoms with E-state index < -0.39 is 16.0 Å². The van der Waals surface area contributed by atoms with Crippen molar-refractivity contribution < 1.29 is 27.8 Å². The molecule has 0 saturated carbocycles. The minimum absolute atomic E-state index is 0.0828. The van der Waals surface area contributed by atoms with Crippen molar-refractivity contribution in [2.24, 2.45) is 0 Å². The van der Waals surface area contributed by atoms with E-state index in [0.29, 0.717) is 13.0 Å². The van der Waals surface area contributed by atoms with Gasteiger partial charge in [-0.05, 0) is 24.6 Å². The van der Waals surface area contributed by atoms with E-state index in [1.807, 2.05) is 0 Å². The number of carboxylic acid groups (broad SMARTS) is 1. The van der Waals surface area contributed by atoms with Gasteiger partial charge < -0.3 is 14.6 Å². The molecule has 7 nitrogen and oxygen atoms in total. The molecule has 0 saturated heterocycles. The van der Waals surface area contributed by atoms with Crippen LogP contribution in [0.1, 0.15) is 16.8 Å². The smallest absolute Gasteiger partial charge is 0.339 e. The zero-order valence-electron chi connectivity index (χ0n) is 12.2. The third-order valence-corrected chi connectivity index (χ3v) is 4.78. The lowest BCUT2D eigenvalue weighted by Crippen LogP contribution is -2.28. The standard InChI is InChI=1S/C13H19NO6S/c1-14(7-4-8-19-2)21(17,18)10-5-6-12(20-3)11(9-10)13(15)16/h5-6,9H,4,7-8H2,1-3H3,(H,15,16). The molecule has 0 aromatic heterocycles. The summed E-state index contributed by atoms with van der Waals surface area (Å²) in [4.78, 5) is 11.1. The highest BCUT2D eigenvalue weighted by molar-refractivity contribution is 7.89. The van der Waals surface area contributed by atoms with E-state index in [-0.39, 0.29) is 22.8 Å². The van der Waals surface area contributed by atoms with Crippen molar-refractivity contribution >= 4 is 16.0 Å². The largest absolute Gasteiger partial charge is 0.496 e. The Labute approximate surface area is 124 Å². The SMILES string of the molecule is COCCCN(C)S(=O)(=O)c1ccc(OC)c(C(=O)O)c1. The van der Waals surface area contributed by atoms with Gasteiger partial charge in [0, 0.05) is 27.3 Å². The van der Waals surface area contributed by atoms with E-state index in [2.05, 4.69) is 0 Å². The van der Waals surface area contributed by atoms with Crippen LogP contribution in [0, 0.1) is 0 Å². The molecule has 0 bridgehead atoms. The van der Waals surface area contributed by atoms with Crippen molar-refractivity contribution in [2.75, 3.05) is 34.4 Å². The van der Waals surface area contributed by atoms with Crippen molar-refractivity contribution in [3.8, 4) is 5.75 Å².